The Labute approximate surface area is 138 Å². The van der Waals surface area contributed by atoms with Crippen LogP contribution < -0.4 is 4.74 Å². The van der Waals surface area contributed by atoms with Gasteiger partial charge in [-0.25, -0.2) is 0 Å². The van der Waals surface area contributed by atoms with Crippen LogP contribution in [0.1, 0.15) is 31.2 Å². The molecule has 4 heteroatoms. The van der Waals surface area contributed by atoms with Gasteiger partial charge in [-0.15, -0.1) is 0 Å². The van der Waals surface area contributed by atoms with Crippen LogP contribution in [0.15, 0.2) is 24.3 Å². The van der Waals surface area contributed by atoms with Crippen molar-refractivity contribution in [3.8, 4) is 5.75 Å². The van der Waals surface area contributed by atoms with Crippen molar-refractivity contribution in [3.05, 3.63) is 29.8 Å². The second kappa shape index (κ2) is 5.76. The fourth-order valence-electron chi connectivity index (χ4n) is 4.00. The fourth-order valence-corrected chi connectivity index (χ4v) is 4.00. The third-order valence-corrected chi connectivity index (χ3v) is 5.76. The van der Waals surface area contributed by atoms with Crippen LogP contribution in [0, 0.1) is 11.3 Å². The van der Waals surface area contributed by atoms with E-state index in [9.17, 15) is 5.11 Å². The molecule has 2 saturated carbocycles. The molecule has 1 aromatic rings. The van der Waals surface area contributed by atoms with Gasteiger partial charge in [-0.1, -0.05) is 12.1 Å². The quantitative estimate of drug-likeness (QED) is 0.839. The van der Waals surface area contributed by atoms with Crippen molar-refractivity contribution in [2.24, 2.45) is 11.3 Å². The topological polar surface area (TPSA) is 41.9 Å². The average Bonchev–Trinajstić information content (AvgIpc) is 3.42. The summed E-state index contributed by atoms with van der Waals surface area (Å²) in [6.07, 6.45) is 4.65. The van der Waals surface area contributed by atoms with Crippen molar-refractivity contribution in [2.75, 3.05) is 33.4 Å². The van der Waals surface area contributed by atoms with Crippen LogP contribution in [0.4, 0.5) is 0 Å². The van der Waals surface area contributed by atoms with Crippen molar-refractivity contribution in [1.29, 1.82) is 0 Å². The smallest absolute Gasteiger partial charge is 0.119 e. The molecule has 1 aromatic carbocycles. The minimum Gasteiger partial charge on any atom is -0.493 e. The van der Waals surface area contributed by atoms with Gasteiger partial charge in [0.05, 0.1) is 18.8 Å². The largest absolute Gasteiger partial charge is 0.493 e. The van der Waals surface area contributed by atoms with Crippen LogP contribution in [-0.4, -0.2) is 49.0 Å². The number of rotatable bonds is 7. The lowest BCUT2D eigenvalue weighted by Gasteiger charge is -2.33. The average molecular weight is 317 g/mol. The molecule has 1 aliphatic heterocycles. The zero-order valence-corrected chi connectivity index (χ0v) is 14.0. The second-order valence-corrected chi connectivity index (χ2v) is 7.87. The van der Waals surface area contributed by atoms with E-state index in [0.29, 0.717) is 17.9 Å². The zero-order valence-electron chi connectivity index (χ0n) is 14.0. The summed E-state index contributed by atoms with van der Waals surface area (Å²) in [5, 5.41) is 10.3. The van der Waals surface area contributed by atoms with Crippen LogP contribution in [-0.2, 0) is 11.3 Å². The number of ether oxygens (including phenoxy) is 2. The van der Waals surface area contributed by atoms with E-state index in [1.807, 2.05) is 12.1 Å². The predicted molar refractivity (Wildman–Crippen MR) is 88.4 cm³/mol. The van der Waals surface area contributed by atoms with E-state index >= 15 is 0 Å². The summed E-state index contributed by atoms with van der Waals surface area (Å²) >= 11 is 0. The molecule has 3 fully saturated rings. The monoisotopic (exact) mass is 317 g/mol. The van der Waals surface area contributed by atoms with Gasteiger partial charge in [0.25, 0.3) is 0 Å². The van der Waals surface area contributed by atoms with Gasteiger partial charge in [0.2, 0.25) is 0 Å². The van der Waals surface area contributed by atoms with Crippen molar-refractivity contribution >= 4 is 0 Å². The van der Waals surface area contributed by atoms with Crippen molar-refractivity contribution in [1.82, 2.24) is 4.90 Å². The molecule has 0 unspecified atom stereocenters. The van der Waals surface area contributed by atoms with Gasteiger partial charge in [0.1, 0.15) is 5.75 Å². The van der Waals surface area contributed by atoms with Gasteiger partial charge in [-0.05, 0) is 55.8 Å². The molecular weight excluding hydrogens is 290 g/mol. The number of fused-ring (bicyclic) bond motifs is 1. The molecule has 23 heavy (non-hydrogen) atoms. The van der Waals surface area contributed by atoms with Crippen LogP contribution in [0.25, 0.3) is 0 Å². The minimum atomic E-state index is -0.357. The van der Waals surface area contributed by atoms with E-state index < -0.39 is 0 Å². The first-order valence-corrected chi connectivity index (χ1v) is 8.76. The molecule has 1 heterocycles. The SMILES string of the molecule is COCc1cccc(OCC2(CN3CC[C@@H]4C[C@]4(O)C3)CC2)c1. The fraction of sp³-hybridized carbons (Fsp3) is 0.684. The lowest BCUT2D eigenvalue weighted by molar-refractivity contribution is 0.0354. The molecule has 1 N–H and O–H groups in total. The number of hydrogen-bond donors (Lipinski definition) is 1. The maximum Gasteiger partial charge on any atom is 0.119 e. The van der Waals surface area contributed by atoms with E-state index in [4.69, 9.17) is 9.47 Å². The van der Waals surface area contributed by atoms with E-state index in [1.54, 1.807) is 7.11 Å². The lowest BCUT2D eigenvalue weighted by Crippen LogP contribution is -2.44. The Morgan fingerprint density at radius 2 is 2.22 bits per heavy atom. The molecule has 0 aromatic heterocycles. The van der Waals surface area contributed by atoms with Crippen LogP contribution in [0.2, 0.25) is 0 Å². The van der Waals surface area contributed by atoms with Gasteiger partial charge in [0.15, 0.2) is 0 Å². The number of likely N-dealkylation sites (tertiary alicyclic amines) is 1. The molecule has 0 bridgehead atoms. The van der Waals surface area contributed by atoms with Gasteiger partial charge in [0, 0.05) is 25.6 Å². The number of β-amino-alcohol motifs (C(OH)–C–C–N with tert-alkyl or cyclic N) is 1. The van der Waals surface area contributed by atoms with E-state index in [-0.39, 0.29) is 5.60 Å². The highest BCUT2D eigenvalue weighted by Crippen LogP contribution is 2.52. The molecule has 2 aliphatic carbocycles. The Balaban J connectivity index is 1.31. The molecule has 0 amide bonds. The molecule has 126 valence electrons. The highest BCUT2D eigenvalue weighted by atomic mass is 16.5. The summed E-state index contributed by atoms with van der Waals surface area (Å²) in [6.45, 7) is 4.47. The number of hydrogen-bond acceptors (Lipinski definition) is 4. The standard InChI is InChI=1S/C19H27NO3/c1-22-11-15-3-2-4-17(9-15)23-14-18(6-7-18)12-20-8-5-16-10-19(16,21)13-20/h2-4,9,16,21H,5-8,10-14H2,1H3/t16-,19+/m1/s1. The highest BCUT2D eigenvalue weighted by molar-refractivity contribution is 5.28. The molecule has 4 nitrogen and oxygen atoms in total. The molecule has 4 rings (SSSR count). The zero-order chi connectivity index (χ0) is 15.9. The third kappa shape index (κ3) is 3.39. The number of aliphatic hydroxyl groups is 1. The molecule has 3 aliphatic rings. The van der Waals surface area contributed by atoms with Gasteiger partial charge < -0.3 is 14.6 Å². The number of benzene rings is 1. The van der Waals surface area contributed by atoms with Crippen LogP contribution in [0.3, 0.4) is 0 Å². The predicted octanol–water partition coefficient (Wildman–Crippen LogP) is 2.45. The van der Waals surface area contributed by atoms with Gasteiger partial charge in [-0.3, -0.25) is 4.90 Å². The first-order valence-electron chi connectivity index (χ1n) is 8.76. The first kappa shape index (κ1) is 15.4. The molecular formula is C19H27NO3. The maximum atomic E-state index is 10.3. The van der Waals surface area contributed by atoms with E-state index in [2.05, 4.69) is 17.0 Å². The Morgan fingerprint density at radius 3 is 2.96 bits per heavy atom. The Bertz CT molecular complexity index is 571. The Morgan fingerprint density at radius 1 is 1.35 bits per heavy atom. The third-order valence-electron chi connectivity index (χ3n) is 5.76. The summed E-state index contributed by atoms with van der Waals surface area (Å²) in [5.74, 6) is 1.51. The highest BCUT2D eigenvalue weighted by Gasteiger charge is 2.57. The second-order valence-electron chi connectivity index (χ2n) is 7.87. The van der Waals surface area contributed by atoms with Gasteiger partial charge in [-0.2, -0.15) is 0 Å². The normalized spacial score (nSPS) is 31.5. The van der Waals surface area contributed by atoms with Crippen LogP contribution >= 0.6 is 0 Å². The Kier molecular flexibility index (Phi) is 3.87. The summed E-state index contributed by atoms with van der Waals surface area (Å²) < 4.78 is 11.3. The number of piperidine rings is 1. The van der Waals surface area contributed by atoms with Gasteiger partial charge >= 0.3 is 0 Å². The summed E-state index contributed by atoms with van der Waals surface area (Å²) in [4.78, 5) is 2.46. The van der Waals surface area contributed by atoms with Crippen molar-refractivity contribution in [3.63, 3.8) is 0 Å². The molecule has 0 radical (unpaired) electrons. The maximum absolute atomic E-state index is 10.3. The van der Waals surface area contributed by atoms with Crippen LogP contribution in [0.5, 0.6) is 5.75 Å². The van der Waals surface area contributed by atoms with E-state index in [0.717, 1.165) is 50.4 Å². The summed E-state index contributed by atoms with van der Waals surface area (Å²) in [6, 6.07) is 8.17. The Hall–Kier alpha value is -1.10. The number of nitrogens with zero attached hydrogens (tertiary/aromatic N) is 1. The summed E-state index contributed by atoms with van der Waals surface area (Å²) in [5.41, 5.74) is 1.09. The molecule has 0 spiro atoms. The minimum absolute atomic E-state index is 0.301. The summed E-state index contributed by atoms with van der Waals surface area (Å²) in [7, 11) is 1.71. The molecule has 2 atom stereocenters. The number of methoxy groups -OCH3 is 1. The van der Waals surface area contributed by atoms with Crippen molar-refractivity contribution in [2.45, 2.75) is 37.9 Å². The lowest BCUT2D eigenvalue weighted by atomic mass is 10.0. The first-order chi connectivity index (χ1) is 11.1. The van der Waals surface area contributed by atoms with E-state index in [1.165, 1.54) is 12.8 Å². The molecule has 1 saturated heterocycles. The van der Waals surface area contributed by atoms with Crippen molar-refractivity contribution < 1.29 is 14.6 Å².